The molecule has 0 aromatic heterocycles. The number of rotatable bonds is 4. The highest BCUT2D eigenvalue weighted by Gasteiger charge is 2.28. The van der Waals surface area contributed by atoms with Crippen LogP contribution in [0.2, 0.25) is 0 Å². The van der Waals surface area contributed by atoms with Crippen LogP contribution in [0, 0.1) is 0 Å². The molecule has 1 aliphatic heterocycles. The third kappa shape index (κ3) is 3.15. The van der Waals surface area contributed by atoms with Crippen LogP contribution in [0.5, 0.6) is 5.75 Å². The predicted molar refractivity (Wildman–Crippen MR) is 79.6 cm³/mol. The lowest BCUT2D eigenvalue weighted by Gasteiger charge is -2.21. The lowest BCUT2D eigenvalue weighted by molar-refractivity contribution is 0.391. The highest BCUT2D eigenvalue weighted by atomic mass is 32.2. The van der Waals surface area contributed by atoms with Gasteiger partial charge in [0, 0.05) is 13.1 Å². The van der Waals surface area contributed by atoms with Gasteiger partial charge >= 0.3 is 0 Å². The van der Waals surface area contributed by atoms with E-state index in [1.165, 1.54) is 7.11 Å². The average molecular weight is 297 g/mol. The molecule has 5 heteroatoms. The van der Waals surface area contributed by atoms with Gasteiger partial charge in [-0.05, 0) is 37.0 Å². The van der Waals surface area contributed by atoms with Crippen LogP contribution in [0.4, 0.5) is 0 Å². The van der Waals surface area contributed by atoms with Gasteiger partial charge in [-0.1, -0.05) is 25.8 Å². The largest absolute Gasteiger partial charge is 0.495 e. The van der Waals surface area contributed by atoms with Crippen LogP contribution in [0.25, 0.3) is 0 Å². The summed E-state index contributed by atoms with van der Waals surface area (Å²) in [6, 6.07) is 5.42. The summed E-state index contributed by atoms with van der Waals surface area (Å²) >= 11 is 0. The van der Waals surface area contributed by atoms with E-state index in [0.29, 0.717) is 23.7 Å². The SMILES string of the molecule is CCc1ccc(OC)c(S(=O)(=O)N2CCCCCC2)c1. The van der Waals surface area contributed by atoms with Crippen molar-refractivity contribution in [2.75, 3.05) is 20.2 Å². The molecule has 0 aliphatic carbocycles. The minimum absolute atomic E-state index is 0.307. The minimum Gasteiger partial charge on any atom is -0.495 e. The highest BCUT2D eigenvalue weighted by Crippen LogP contribution is 2.29. The number of ether oxygens (including phenoxy) is 1. The molecule has 1 fully saturated rings. The Bertz CT molecular complexity index is 546. The first-order valence-corrected chi connectivity index (χ1v) is 8.70. The quantitative estimate of drug-likeness (QED) is 0.858. The molecule has 20 heavy (non-hydrogen) atoms. The maximum Gasteiger partial charge on any atom is 0.246 e. The Balaban J connectivity index is 2.41. The Morgan fingerprint density at radius 2 is 1.80 bits per heavy atom. The van der Waals surface area contributed by atoms with Gasteiger partial charge in [0.1, 0.15) is 10.6 Å². The first-order chi connectivity index (χ1) is 9.59. The molecule has 0 atom stereocenters. The fraction of sp³-hybridized carbons (Fsp3) is 0.600. The molecule has 1 heterocycles. The van der Waals surface area contributed by atoms with Crippen LogP contribution >= 0.6 is 0 Å². The van der Waals surface area contributed by atoms with Crippen molar-refractivity contribution < 1.29 is 13.2 Å². The molecule has 0 saturated carbocycles. The number of aryl methyl sites for hydroxylation is 1. The second-order valence-corrected chi connectivity index (χ2v) is 7.06. The molecule has 0 spiro atoms. The lowest BCUT2D eigenvalue weighted by Crippen LogP contribution is -2.32. The summed E-state index contributed by atoms with van der Waals surface area (Å²) in [6.45, 7) is 3.24. The van der Waals surface area contributed by atoms with E-state index in [1.54, 1.807) is 16.4 Å². The maximum atomic E-state index is 12.8. The molecule has 4 nitrogen and oxygen atoms in total. The first kappa shape index (κ1) is 15.3. The monoisotopic (exact) mass is 297 g/mol. The van der Waals surface area contributed by atoms with Crippen molar-refractivity contribution in [2.24, 2.45) is 0 Å². The molecule has 2 rings (SSSR count). The van der Waals surface area contributed by atoms with E-state index in [0.717, 1.165) is 37.7 Å². The molecule has 1 saturated heterocycles. The molecule has 1 aliphatic rings. The normalized spacial score (nSPS) is 17.7. The molecule has 112 valence electrons. The van der Waals surface area contributed by atoms with Crippen molar-refractivity contribution in [1.29, 1.82) is 0 Å². The van der Waals surface area contributed by atoms with Crippen LogP contribution in [0.15, 0.2) is 23.1 Å². The standard InChI is InChI=1S/C15H23NO3S/c1-3-13-8-9-14(19-2)15(12-13)20(17,18)16-10-6-4-5-7-11-16/h8-9,12H,3-7,10-11H2,1-2H3. The van der Waals surface area contributed by atoms with Gasteiger partial charge in [0.05, 0.1) is 7.11 Å². The average Bonchev–Trinajstić information content (AvgIpc) is 2.76. The van der Waals surface area contributed by atoms with Crippen molar-refractivity contribution in [3.05, 3.63) is 23.8 Å². The summed E-state index contributed by atoms with van der Waals surface area (Å²) in [5, 5.41) is 0. The van der Waals surface area contributed by atoms with E-state index in [9.17, 15) is 8.42 Å². The summed E-state index contributed by atoms with van der Waals surface area (Å²) < 4.78 is 32.5. The fourth-order valence-corrected chi connectivity index (χ4v) is 4.29. The molecule has 0 unspecified atom stereocenters. The summed E-state index contributed by atoms with van der Waals surface area (Å²) in [6.07, 6.45) is 4.91. The number of methoxy groups -OCH3 is 1. The van der Waals surface area contributed by atoms with Crippen LogP contribution < -0.4 is 4.74 Å². The van der Waals surface area contributed by atoms with Gasteiger partial charge in [-0.2, -0.15) is 4.31 Å². The van der Waals surface area contributed by atoms with Crippen molar-refractivity contribution >= 4 is 10.0 Å². The van der Waals surface area contributed by atoms with Gasteiger partial charge in [0.25, 0.3) is 0 Å². The number of nitrogens with zero attached hydrogens (tertiary/aromatic N) is 1. The molecular formula is C15H23NO3S. The fourth-order valence-electron chi connectivity index (χ4n) is 2.56. The molecule has 1 aromatic rings. The number of sulfonamides is 1. The zero-order valence-corrected chi connectivity index (χ0v) is 13.1. The number of hydrogen-bond acceptors (Lipinski definition) is 3. The Kier molecular flexibility index (Phi) is 5.05. The Labute approximate surface area is 121 Å². The molecule has 0 N–H and O–H groups in total. The van der Waals surface area contributed by atoms with Gasteiger partial charge < -0.3 is 4.74 Å². The van der Waals surface area contributed by atoms with Gasteiger partial charge in [-0.3, -0.25) is 0 Å². The van der Waals surface area contributed by atoms with Crippen LogP contribution in [-0.2, 0) is 16.4 Å². The van der Waals surface area contributed by atoms with E-state index in [2.05, 4.69) is 0 Å². The Morgan fingerprint density at radius 3 is 2.35 bits per heavy atom. The summed E-state index contributed by atoms with van der Waals surface area (Å²) in [5.74, 6) is 0.437. The van der Waals surface area contributed by atoms with Crippen molar-refractivity contribution in [3.63, 3.8) is 0 Å². The van der Waals surface area contributed by atoms with Gasteiger partial charge in [0.2, 0.25) is 10.0 Å². The topological polar surface area (TPSA) is 46.6 Å². The number of hydrogen-bond donors (Lipinski definition) is 0. The Morgan fingerprint density at radius 1 is 1.15 bits per heavy atom. The smallest absolute Gasteiger partial charge is 0.246 e. The second kappa shape index (κ2) is 6.59. The zero-order valence-electron chi connectivity index (χ0n) is 12.3. The van der Waals surface area contributed by atoms with Gasteiger partial charge in [-0.15, -0.1) is 0 Å². The third-order valence-corrected chi connectivity index (χ3v) is 5.74. The minimum atomic E-state index is -3.45. The highest BCUT2D eigenvalue weighted by molar-refractivity contribution is 7.89. The molecular weight excluding hydrogens is 274 g/mol. The maximum absolute atomic E-state index is 12.8. The number of benzene rings is 1. The molecule has 0 radical (unpaired) electrons. The van der Waals surface area contributed by atoms with E-state index in [1.807, 2.05) is 13.0 Å². The van der Waals surface area contributed by atoms with Crippen molar-refractivity contribution in [2.45, 2.75) is 43.9 Å². The van der Waals surface area contributed by atoms with E-state index in [4.69, 9.17) is 4.74 Å². The zero-order chi connectivity index (χ0) is 14.6. The summed E-state index contributed by atoms with van der Waals surface area (Å²) in [4.78, 5) is 0.307. The molecule has 1 aromatic carbocycles. The van der Waals surface area contributed by atoms with Crippen molar-refractivity contribution in [1.82, 2.24) is 4.31 Å². The third-order valence-electron chi connectivity index (χ3n) is 3.82. The lowest BCUT2D eigenvalue weighted by atomic mass is 10.2. The van der Waals surface area contributed by atoms with Crippen LogP contribution in [0.3, 0.4) is 0 Å². The molecule has 0 amide bonds. The Hall–Kier alpha value is -1.07. The summed E-state index contributed by atoms with van der Waals surface area (Å²) in [5.41, 5.74) is 1.01. The predicted octanol–water partition coefficient (Wildman–Crippen LogP) is 2.82. The van der Waals surface area contributed by atoms with Gasteiger partial charge in [-0.25, -0.2) is 8.42 Å². The van der Waals surface area contributed by atoms with E-state index >= 15 is 0 Å². The summed E-state index contributed by atoms with van der Waals surface area (Å²) in [7, 11) is -1.94. The van der Waals surface area contributed by atoms with Crippen LogP contribution in [-0.4, -0.2) is 32.9 Å². The second-order valence-electron chi connectivity index (χ2n) is 5.16. The first-order valence-electron chi connectivity index (χ1n) is 7.26. The van der Waals surface area contributed by atoms with Crippen LogP contribution in [0.1, 0.15) is 38.2 Å². The van der Waals surface area contributed by atoms with Gasteiger partial charge in [0.15, 0.2) is 0 Å². The van der Waals surface area contributed by atoms with E-state index in [-0.39, 0.29) is 0 Å². The van der Waals surface area contributed by atoms with E-state index < -0.39 is 10.0 Å². The van der Waals surface area contributed by atoms with Crippen molar-refractivity contribution in [3.8, 4) is 5.75 Å². The molecule has 0 bridgehead atoms.